The van der Waals surface area contributed by atoms with Gasteiger partial charge in [0.1, 0.15) is 5.75 Å². The molecule has 0 aromatic heterocycles. The molecule has 4 heteroatoms. The van der Waals surface area contributed by atoms with Crippen molar-refractivity contribution in [3.63, 3.8) is 0 Å². The number of hydrogen-bond donors (Lipinski definition) is 0. The predicted octanol–water partition coefficient (Wildman–Crippen LogP) is -1.80. The minimum absolute atomic E-state index is 0. The van der Waals surface area contributed by atoms with E-state index in [0.29, 0.717) is 0 Å². The van der Waals surface area contributed by atoms with Crippen LogP contribution in [0.3, 0.4) is 0 Å². The Morgan fingerprint density at radius 2 is 1.85 bits per heavy atom. The predicted molar refractivity (Wildman–Crippen MR) is 47.1 cm³/mol. The molecule has 0 aliphatic carbocycles. The van der Waals surface area contributed by atoms with Crippen LogP contribution in [0.15, 0.2) is 24.3 Å². The third-order valence-electron chi connectivity index (χ3n) is 1.60. The van der Waals surface area contributed by atoms with Gasteiger partial charge in [-0.2, -0.15) is 0 Å². The topological polar surface area (TPSA) is 29.5 Å². The van der Waals surface area contributed by atoms with Crippen LogP contribution in [-0.4, -0.2) is 20.6 Å². The third kappa shape index (κ3) is 3.14. The van der Waals surface area contributed by atoms with Crippen LogP contribution >= 0.6 is 0 Å². The fourth-order valence-corrected chi connectivity index (χ4v) is 0.859. The Morgan fingerprint density at radius 3 is 2.23 bits per heavy atom. The molecule has 3 nitrogen and oxygen atoms in total. The van der Waals surface area contributed by atoms with Crippen LogP contribution in [0.5, 0.6) is 5.75 Å². The van der Waals surface area contributed by atoms with Crippen LogP contribution in [0, 0.1) is 0 Å². The van der Waals surface area contributed by atoms with E-state index < -0.39 is 0 Å². The van der Waals surface area contributed by atoms with Gasteiger partial charge in [-0.25, -0.2) is 0 Å². The summed E-state index contributed by atoms with van der Waals surface area (Å²) < 4.78 is 4.97. The number of hydrogen-bond acceptors (Lipinski definition) is 2. The second-order valence-corrected chi connectivity index (χ2v) is 2.35. The Balaban J connectivity index is 0.00000144. The van der Waals surface area contributed by atoms with Gasteiger partial charge < -0.3 is 14.4 Å². The van der Waals surface area contributed by atoms with E-state index in [-0.39, 0.29) is 18.9 Å². The van der Waals surface area contributed by atoms with E-state index >= 15 is 0 Å². The van der Waals surface area contributed by atoms with Gasteiger partial charge in [-0.3, -0.25) is 0 Å². The molecule has 1 aromatic rings. The third-order valence-corrected chi connectivity index (χ3v) is 1.60. The molecule has 1 amide bonds. The first kappa shape index (κ1) is 12.1. The van der Waals surface area contributed by atoms with E-state index in [2.05, 4.69) is 0 Å². The summed E-state index contributed by atoms with van der Waals surface area (Å²) in [6.45, 7) is 0. The van der Waals surface area contributed by atoms with Crippen molar-refractivity contribution in [2.45, 2.75) is 0 Å². The summed E-state index contributed by atoms with van der Waals surface area (Å²) in [6, 6.07) is 7.18. The fraction of sp³-hybridized carbons (Fsp3) is 0.222. The first-order valence-corrected chi connectivity index (χ1v) is 3.53. The molecule has 0 radical (unpaired) electrons. The molecule has 0 saturated carbocycles. The average molecular weight is 171 g/mol. The SMILES string of the molecule is COc1ccc(N(C)[C-]=O)cc1.[Li+]. The second kappa shape index (κ2) is 5.68. The number of amides is 1. The zero-order valence-electron chi connectivity index (χ0n) is 8.07. The molecule has 0 bridgehead atoms. The van der Waals surface area contributed by atoms with Crippen LogP contribution in [0.4, 0.5) is 5.69 Å². The van der Waals surface area contributed by atoms with Gasteiger partial charge >= 0.3 is 18.9 Å². The molecular formula is C9H10LiNO2. The van der Waals surface area contributed by atoms with Gasteiger partial charge in [0.2, 0.25) is 0 Å². The number of rotatable bonds is 3. The summed E-state index contributed by atoms with van der Waals surface area (Å²) >= 11 is 0. The summed E-state index contributed by atoms with van der Waals surface area (Å²) in [5, 5.41) is 0. The zero-order valence-corrected chi connectivity index (χ0v) is 8.07. The van der Waals surface area contributed by atoms with E-state index in [9.17, 15) is 4.79 Å². The molecule has 1 aromatic carbocycles. The van der Waals surface area contributed by atoms with E-state index in [4.69, 9.17) is 4.74 Å². The van der Waals surface area contributed by atoms with Gasteiger partial charge in [0, 0.05) is 0 Å². The minimum Gasteiger partial charge on any atom is -0.497 e. The van der Waals surface area contributed by atoms with Gasteiger partial charge in [-0.05, 0) is 19.2 Å². The van der Waals surface area contributed by atoms with Crippen molar-refractivity contribution in [2.24, 2.45) is 0 Å². The molecule has 0 atom stereocenters. The van der Waals surface area contributed by atoms with Gasteiger partial charge in [-0.1, -0.05) is 0 Å². The number of carbonyl (C=O) groups excluding carboxylic acids is 1. The number of anilines is 1. The Kier molecular flexibility index (Phi) is 5.29. The number of benzene rings is 1. The smallest absolute Gasteiger partial charge is 0.497 e. The maximum absolute atomic E-state index is 10.2. The molecule has 0 fully saturated rings. The molecule has 0 saturated heterocycles. The number of nitrogens with zero attached hydrogens (tertiary/aromatic N) is 1. The molecule has 0 spiro atoms. The Labute approximate surface area is 89.9 Å². The Morgan fingerprint density at radius 1 is 1.31 bits per heavy atom. The van der Waals surface area contributed by atoms with Crippen molar-refractivity contribution < 1.29 is 28.4 Å². The van der Waals surface area contributed by atoms with Crippen molar-refractivity contribution in [3.8, 4) is 5.75 Å². The first-order chi connectivity index (χ1) is 5.77. The summed E-state index contributed by atoms with van der Waals surface area (Å²) in [5.74, 6) is 0.776. The van der Waals surface area contributed by atoms with Gasteiger partial charge in [0.25, 0.3) is 0 Å². The van der Waals surface area contributed by atoms with Crippen LogP contribution < -0.4 is 28.5 Å². The Bertz CT molecular complexity index is 261. The molecule has 0 N–H and O–H groups in total. The van der Waals surface area contributed by atoms with Crippen LogP contribution in [0.1, 0.15) is 0 Å². The van der Waals surface area contributed by atoms with Crippen molar-refractivity contribution in [2.75, 3.05) is 19.1 Å². The van der Waals surface area contributed by atoms with Crippen molar-refractivity contribution in [3.05, 3.63) is 24.3 Å². The average Bonchev–Trinajstić information content (AvgIpc) is 2.17. The van der Waals surface area contributed by atoms with Gasteiger partial charge in [0.15, 0.2) is 0 Å². The standard InChI is InChI=1S/C9H10NO2.Li/c1-10(7-11)8-3-5-9(12-2)6-4-8;/h3-6H,1-2H3;/q-1;+1. The molecule has 0 aliphatic heterocycles. The molecule has 64 valence electrons. The fourth-order valence-electron chi connectivity index (χ4n) is 0.859. The first-order valence-electron chi connectivity index (χ1n) is 3.53. The van der Waals surface area contributed by atoms with Crippen LogP contribution in [0.2, 0.25) is 0 Å². The number of methoxy groups -OCH3 is 1. The van der Waals surface area contributed by atoms with E-state index in [1.807, 2.05) is 0 Å². The number of ether oxygens (including phenoxy) is 1. The maximum atomic E-state index is 10.2. The van der Waals surface area contributed by atoms with Gasteiger partial charge in [0.05, 0.1) is 13.5 Å². The molecule has 0 aliphatic rings. The quantitative estimate of drug-likeness (QED) is 0.305. The monoisotopic (exact) mass is 171 g/mol. The Hall–Kier alpha value is -0.913. The largest absolute Gasteiger partial charge is 1.00 e. The summed E-state index contributed by atoms with van der Waals surface area (Å²) in [7, 11) is 3.25. The molecule has 0 heterocycles. The van der Waals surface area contributed by atoms with Crippen LogP contribution in [0.25, 0.3) is 0 Å². The molecule has 0 unspecified atom stereocenters. The van der Waals surface area contributed by atoms with Crippen molar-refractivity contribution in [1.82, 2.24) is 0 Å². The van der Waals surface area contributed by atoms with E-state index in [1.54, 1.807) is 44.8 Å². The summed E-state index contributed by atoms with van der Waals surface area (Å²) in [4.78, 5) is 11.6. The van der Waals surface area contributed by atoms with Gasteiger partial charge in [-0.15, -0.1) is 17.8 Å². The van der Waals surface area contributed by atoms with E-state index in [0.717, 1.165) is 11.4 Å². The summed E-state index contributed by atoms with van der Waals surface area (Å²) in [5.41, 5.74) is 0.797. The van der Waals surface area contributed by atoms with E-state index in [1.165, 1.54) is 4.90 Å². The van der Waals surface area contributed by atoms with Crippen LogP contribution in [-0.2, 0) is 4.79 Å². The second-order valence-electron chi connectivity index (χ2n) is 2.35. The molecule has 1 rings (SSSR count). The maximum Gasteiger partial charge on any atom is 1.00 e. The normalized spacial score (nSPS) is 8.46. The summed E-state index contributed by atoms with van der Waals surface area (Å²) in [6.07, 6.45) is 1.76. The van der Waals surface area contributed by atoms with Crippen molar-refractivity contribution in [1.29, 1.82) is 0 Å². The van der Waals surface area contributed by atoms with Crippen molar-refractivity contribution >= 4 is 12.1 Å². The minimum atomic E-state index is 0. The molecular weight excluding hydrogens is 161 g/mol. The molecule has 13 heavy (non-hydrogen) atoms. The zero-order chi connectivity index (χ0) is 8.97.